The Kier molecular flexibility index (Phi) is 2.56. The Morgan fingerprint density at radius 2 is 2.00 bits per heavy atom. The molecule has 1 unspecified atom stereocenters. The van der Waals surface area contributed by atoms with Crippen LogP contribution in [0.1, 0.15) is 0 Å². The van der Waals surface area contributed by atoms with E-state index in [1.54, 1.807) is 6.08 Å². The van der Waals surface area contributed by atoms with Gasteiger partial charge in [0, 0.05) is 10.8 Å². The highest BCUT2D eigenvalue weighted by molar-refractivity contribution is 7.94. The maximum Gasteiger partial charge on any atom is 0.173 e. The van der Waals surface area contributed by atoms with Crippen molar-refractivity contribution in [1.29, 1.82) is 0 Å². The van der Waals surface area contributed by atoms with Crippen LogP contribution in [0.5, 0.6) is 0 Å². The molecule has 0 spiro atoms. The Morgan fingerprint density at radius 1 is 1.17 bits per heavy atom. The second-order valence-electron chi connectivity index (χ2n) is 4.30. The van der Waals surface area contributed by atoms with Gasteiger partial charge in [0.05, 0.1) is 17.3 Å². The molecule has 0 amide bonds. The number of rotatable bonds is 2. The fourth-order valence-corrected chi connectivity index (χ4v) is 3.24. The molecule has 1 aliphatic rings. The van der Waals surface area contributed by atoms with E-state index in [-0.39, 0.29) is 11.8 Å². The summed E-state index contributed by atoms with van der Waals surface area (Å²) >= 11 is 0. The Bertz CT molecular complexity index is 723. The minimum Gasteiger partial charge on any atom is -0.363 e. The Hall–Kier alpha value is -1.88. The van der Waals surface area contributed by atoms with Gasteiger partial charge >= 0.3 is 0 Å². The highest BCUT2D eigenvalue weighted by Gasteiger charge is 2.21. The van der Waals surface area contributed by atoms with E-state index in [0.29, 0.717) is 5.82 Å². The van der Waals surface area contributed by atoms with Crippen LogP contribution in [0.25, 0.3) is 10.9 Å². The summed E-state index contributed by atoms with van der Waals surface area (Å²) in [5, 5.41) is 5.43. The monoisotopic (exact) mass is 260 g/mol. The fraction of sp³-hybridized carbons (Fsp3) is 0.154. The molecule has 0 bridgehead atoms. The summed E-state index contributed by atoms with van der Waals surface area (Å²) in [5.41, 5.74) is 0.896. The van der Waals surface area contributed by atoms with Crippen LogP contribution in [0.2, 0.25) is 0 Å². The average Bonchev–Trinajstić information content (AvgIpc) is 2.68. The van der Waals surface area contributed by atoms with Gasteiger partial charge in [0.25, 0.3) is 0 Å². The maximum absolute atomic E-state index is 11.3. The molecule has 0 saturated carbocycles. The topological polar surface area (TPSA) is 59.1 Å². The zero-order chi connectivity index (χ0) is 12.6. The summed E-state index contributed by atoms with van der Waals surface area (Å²) in [4.78, 5) is 4.45. The number of pyridine rings is 1. The summed E-state index contributed by atoms with van der Waals surface area (Å²) in [5.74, 6) is 0.794. The van der Waals surface area contributed by atoms with E-state index in [0.717, 1.165) is 10.9 Å². The molecule has 5 heteroatoms. The third-order valence-electron chi connectivity index (χ3n) is 2.86. The van der Waals surface area contributed by atoms with Crippen molar-refractivity contribution in [1.82, 2.24) is 4.98 Å². The smallest absolute Gasteiger partial charge is 0.173 e. The third-order valence-corrected chi connectivity index (χ3v) is 4.26. The van der Waals surface area contributed by atoms with Crippen molar-refractivity contribution in [2.75, 3.05) is 11.1 Å². The van der Waals surface area contributed by atoms with Crippen molar-refractivity contribution in [3.63, 3.8) is 0 Å². The van der Waals surface area contributed by atoms with Gasteiger partial charge in [-0.15, -0.1) is 0 Å². The van der Waals surface area contributed by atoms with Gasteiger partial charge in [-0.2, -0.15) is 0 Å². The summed E-state index contributed by atoms with van der Waals surface area (Å²) in [7, 11) is -3.03. The SMILES string of the molecule is O=S1(=O)C=CC(Nc2ccc3ccccc3n2)C1. The predicted octanol–water partition coefficient (Wildman–Crippen LogP) is 1.96. The van der Waals surface area contributed by atoms with Crippen molar-refractivity contribution in [2.24, 2.45) is 0 Å². The van der Waals surface area contributed by atoms with Crippen LogP contribution in [0.4, 0.5) is 5.82 Å². The molecule has 1 aromatic heterocycles. The predicted molar refractivity (Wildman–Crippen MR) is 72.1 cm³/mol. The fourth-order valence-electron chi connectivity index (χ4n) is 2.00. The van der Waals surface area contributed by atoms with Gasteiger partial charge in [0.15, 0.2) is 9.84 Å². The van der Waals surface area contributed by atoms with Crippen LogP contribution in [0, 0.1) is 0 Å². The number of benzene rings is 1. The largest absolute Gasteiger partial charge is 0.363 e. The molecule has 92 valence electrons. The van der Waals surface area contributed by atoms with Gasteiger partial charge in [0.1, 0.15) is 5.82 Å². The average molecular weight is 260 g/mol. The second-order valence-corrected chi connectivity index (χ2v) is 6.23. The summed E-state index contributed by atoms with van der Waals surface area (Å²) in [6, 6.07) is 11.5. The van der Waals surface area contributed by atoms with E-state index in [1.807, 2.05) is 36.4 Å². The number of aromatic nitrogens is 1. The molecule has 2 aromatic rings. The van der Waals surface area contributed by atoms with Crippen molar-refractivity contribution >= 4 is 26.6 Å². The van der Waals surface area contributed by atoms with Crippen LogP contribution in [-0.4, -0.2) is 25.2 Å². The number of hydrogen-bond acceptors (Lipinski definition) is 4. The van der Waals surface area contributed by atoms with Gasteiger partial charge in [-0.25, -0.2) is 13.4 Å². The van der Waals surface area contributed by atoms with Crippen LogP contribution in [-0.2, 0) is 9.84 Å². The zero-order valence-corrected chi connectivity index (χ0v) is 10.4. The van der Waals surface area contributed by atoms with E-state index in [9.17, 15) is 8.42 Å². The molecule has 4 nitrogen and oxygen atoms in total. The molecule has 0 aliphatic carbocycles. The van der Waals surface area contributed by atoms with Gasteiger partial charge in [-0.05, 0) is 24.3 Å². The molecule has 0 fully saturated rings. The van der Waals surface area contributed by atoms with Gasteiger partial charge < -0.3 is 5.32 Å². The number of nitrogens with zero attached hydrogens (tertiary/aromatic N) is 1. The van der Waals surface area contributed by atoms with E-state index in [2.05, 4.69) is 10.3 Å². The standard InChI is InChI=1S/C13H12N2O2S/c16-18(17)8-7-11(9-18)14-13-6-5-10-3-1-2-4-12(10)15-13/h1-8,11H,9H2,(H,14,15). The summed E-state index contributed by atoms with van der Waals surface area (Å²) < 4.78 is 22.6. The van der Waals surface area contributed by atoms with Crippen molar-refractivity contribution in [2.45, 2.75) is 6.04 Å². The van der Waals surface area contributed by atoms with E-state index >= 15 is 0 Å². The lowest BCUT2D eigenvalue weighted by molar-refractivity contribution is 0.605. The number of para-hydroxylation sites is 1. The number of sulfone groups is 1. The first-order valence-corrected chi connectivity index (χ1v) is 7.37. The first kappa shape index (κ1) is 11.2. The Balaban J connectivity index is 1.86. The normalized spacial score (nSPS) is 21.2. The molecule has 3 rings (SSSR count). The first-order chi connectivity index (χ1) is 8.62. The molecule has 1 aliphatic heterocycles. The molecule has 0 radical (unpaired) electrons. The van der Waals surface area contributed by atoms with Crippen LogP contribution < -0.4 is 5.32 Å². The maximum atomic E-state index is 11.3. The highest BCUT2D eigenvalue weighted by atomic mass is 32.2. The molecule has 1 N–H and O–H groups in total. The van der Waals surface area contributed by atoms with Crippen molar-refractivity contribution in [3.8, 4) is 0 Å². The lowest BCUT2D eigenvalue weighted by Gasteiger charge is -2.11. The van der Waals surface area contributed by atoms with Gasteiger partial charge in [-0.1, -0.05) is 18.2 Å². The summed E-state index contributed by atoms with van der Waals surface area (Å²) in [6.45, 7) is 0. The Labute approximate surface area is 105 Å². The zero-order valence-electron chi connectivity index (χ0n) is 9.58. The van der Waals surface area contributed by atoms with Gasteiger partial charge in [0.2, 0.25) is 0 Å². The number of anilines is 1. The quantitative estimate of drug-likeness (QED) is 0.896. The minimum atomic E-state index is -3.03. The van der Waals surface area contributed by atoms with E-state index < -0.39 is 9.84 Å². The third kappa shape index (κ3) is 2.22. The molecular weight excluding hydrogens is 248 g/mol. The molecular formula is C13H12N2O2S. The minimum absolute atomic E-state index is 0.0987. The molecule has 18 heavy (non-hydrogen) atoms. The molecule has 1 atom stereocenters. The van der Waals surface area contributed by atoms with Gasteiger partial charge in [-0.3, -0.25) is 0 Å². The van der Waals surface area contributed by atoms with E-state index in [1.165, 1.54) is 5.41 Å². The lowest BCUT2D eigenvalue weighted by atomic mass is 10.2. The molecule has 1 aromatic carbocycles. The first-order valence-electron chi connectivity index (χ1n) is 5.66. The molecule has 2 heterocycles. The van der Waals surface area contributed by atoms with Crippen LogP contribution >= 0.6 is 0 Å². The van der Waals surface area contributed by atoms with Crippen molar-refractivity contribution < 1.29 is 8.42 Å². The highest BCUT2D eigenvalue weighted by Crippen LogP contribution is 2.17. The lowest BCUT2D eigenvalue weighted by Crippen LogP contribution is -2.21. The second kappa shape index (κ2) is 4.10. The van der Waals surface area contributed by atoms with Crippen LogP contribution in [0.15, 0.2) is 47.9 Å². The van der Waals surface area contributed by atoms with E-state index in [4.69, 9.17) is 0 Å². The van der Waals surface area contributed by atoms with Crippen molar-refractivity contribution in [3.05, 3.63) is 47.9 Å². The van der Waals surface area contributed by atoms with Crippen LogP contribution in [0.3, 0.4) is 0 Å². The number of nitrogens with one attached hydrogen (secondary N) is 1. The summed E-state index contributed by atoms with van der Waals surface area (Å²) in [6.07, 6.45) is 1.66. The number of fused-ring (bicyclic) bond motifs is 1. The Morgan fingerprint density at radius 3 is 2.78 bits per heavy atom. The number of hydrogen-bond donors (Lipinski definition) is 1. The molecule has 0 saturated heterocycles.